The van der Waals surface area contributed by atoms with Crippen molar-refractivity contribution in [2.45, 2.75) is 38.4 Å². The van der Waals surface area contributed by atoms with Gasteiger partial charge in [0.25, 0.3) is 0 Å². The summed E-state index contributed by atoms with van der Waals surface area (Å²) in [6, 6.07) is 0. The fourth-order valence-electron chi connectivity index (χ4n) is 2.11. The molecule has 2 rings (SSSR count). The number of rotatable bonds is 3. The molecule has 2 saturated heterocycles. The topological polar surface area (TPSA) is 30.9 Å². The van der Waals surface area contributed by atoms with Gasteiger partial charge >= 0.3 is 0 Å². The van der Waals surface area contributed by atoms with E-state index in [1.807, 2.05) is 6.92 Å². The molecule has 1 atom stereocenters. The van der Waals surface area contributed by atoms with Crippen molar-refractivity contribution in [3.05, 3.63) is 0 Å². The van der Waals surface area contributed by atoms with E-state index in [0.717, 1.165) is 19.6 Å². The first kappa shape index (κ1) is 10.4. The van der Waals surface area contributed by atoms with Crippen LogP contribution in [0.1, 0.15) is 19.8 Å². The molecule has 0 saturated carbocycles. The van der Waals surface area contributed by atoms with Gasteiger partial charge in [-0.1, -0.05) is 0 Å². The van der Waals surface area contributed by atoms with Gasteiger partial charge in [-0.2, -0.15) is 0 Å². The molecule has 0 radical (unpaired) electrons. The van der Waals surface area contributed by atoms with Crippen LogP contribution >= 0.6 is 0 Å². The van der Waals surface area contributed by atoms with Crippen molar-refractivity contribution in [3.8, 4) is 0 Å². The molecule has 0 aliphatic carbocycles. The molecule has 0 N–H and O–H groups in total. The molecule has 0 bridgehead atoms. The van der Waals surface area contributed by atoms with Crippen LogP contribution in [0.5, 0.6) is 0 Å². The van der Waals surface area contributed by atoms with Gasteiger partial charge in [0.05, 0.1) is 6.10 Å². The molecule has 4 heteroatoms. The lowest BCUT2D eigenvalue weighted by atomic mass is 10.1. The normalized spacial score (nSPS) is 39.4. The highest BCUT2D eigenvalue weighted by atomic mass is 16.9. The lowest BCUT2D eigenvalue weighted by molar-refractivity contribution is -0.378. The molecule has 2 aliphatic heterocycles. The van der Waals surface area contributed by atoms with E-state index < -0.39 is 0 Å². The van der Waals surface area contributed by atoms with Gasteiger partial charge < -0.3 is 14.2 Å². The number of hydrogen-bond acceptors (Lipinski definition) is 4. The van der Waals surface area contributed by atoms with E-state index in [1.165, 1.54) is 12.8 Å². The Morgan fingerprint density at radius 2 is 2.21 bits per heavy atom. The van der Waals surface area contributed by atoms with E-state index in [4.69, 9.17) is 14.2 Å². The van der Waals surface area contributed by atoms with Crippen molar-refractivity contribution in [2.24, 2.45) is 0 Å². The van der Waals surface area contributed by atoms with Crippen molar-refractivity contribution >= 4 is 0 Å². The Kier molecular flexibility index (Phi) is 3.38. The molecule has 0 spiro atoms. The van der Waals surface area contributed by atoms with Gasteiger partial charge in [0, 0.05) is 20.2 Å². The molecule has 1 unspecified atom stereocenters. The van der Waals surface area contributed by atoms with Crippen molar-refractivity contribution < 1.29 is 14.2 Å². The lowest BCUT2D eigenvalue weighted by Crippen LogP contribution is -2.50. The number of likely N-dealkylation sites (tertiary alicyclic amines) is 1. The molecule has 0 aromatic rings. The summed E-state index contributed by atoms with van der Waals surface area (Å²) < 4.78 is 16.2. The molecule has 82 valence electrons. The third-order valence-corrected chi connectivity index (χ3v) is 2.89. The van der Waals surface area contributed by atoms with Gasteiger partial charge in [-0.05, 0) is 26.3 Å². The van der Waals surface area contributed by atoms with Gasteiger partial charge in [-0.3, -0.25) is 4.90 Å². The van der Waals surface area contributed by atoms with Crippen LogP contribution in [-0.2, 0) is 14.2 Å². The summed E-state index contributed by atoms with van der Waals surface area (Å²) in [5.41, 5.74) is 0. The summed E-state index contributed by atoms with van der Waals surface area (Å²) in [6.07, 6.45) is 2.75. The Hall–Kier alpha value is -0.160. The largest absolute Gasteiger partial charge is 0.380 e. The molecule has 2 aliphatic rings. The lowest BCUT2D eigenvalue weighted by Gasteiger charge is -2.39. The minimum atomic E-state index is -0.0133. The van der Waals surface area contributed by atoms with Gasteiger partial charge in [0.1, 0.15) is 0 Å². The second kappa shape index (κ2) is 4.57. The Bertz CT molecular complexity index is 182. The monoisotopic (exact) mass is 201 g/mol. The quantitative estimate of drug-likeness (QED) is 0.676. The van der Waals surface area contributed by atoms with E-state index in [2.05, 4.69) is 4.90 Å². The summed E-state index contributed by atoms with van der Waals surface area (Å²) in [7, 11) is 1.78. The number of hydrogen-bond donors (Lipinski definition) is 0. The highest BCUT2D eigenvalue weighted by Crippen LogP contribution is 2.19. The zero-order valence-electron chi connectivity index (χ0n) is 8.94. The summed E-state index contributed by atoms with van der Waals surface area (Å²) in [6.45, 7) is 4.94. The fourth-order valence-corrected chi connectivity index (χ4v) is 2.11. The number of piperidine rings is 1. The van der Waals surface area contributed by atoms with Gasteiger partial charge in [0.15, 0.2) is 12.6 Å². The van der Waals surface area contributed by atoms with Crippen molar-refractivity contribution in [1.29, 1.82) is 0 Å². The Labute approximate surface area is 85.1 Å². The molecule has 14 heavy (non-hydrogen) atoms. The maximum Gasteiger partial charge on any atom is 0.176 e. The second-order valence-corrected chi connectivity index (χ2v) is 4.03. The van der Waals surface area contributed by atoms with Crippen LogP contribution in [-0.4, -0.2) is 50.3 Å². The van der Waals surface area contributed by atoms with Gasteiger partial charge in [0.2, 0.25) is 0 Å². The van der Waals surface area contributed by atoms with E-state index in [1.54, 1.807) is 7.11 Å². The molecule has 0 amide bonds. The summed E-state index contributed by atoms with van der Waals surface area (Å²) >= 11 is 0. The molecule has 2 heterocycles. The van der Waals surface area contributed by atoms with Crippen LogP contribution in [0, 0.1) is 0 Å². The standard InChI is InChI=1S/C10H19NO3/c1-8-13-10(14-8)7-11-5-3-4-9(6-11)12-2/h8-10H,3-7H2,1-2H3. The molecular weight excluding hydrogens is 182 g/mol. The Morgan fingerprint density at radius 1 is 1.43 bits per heavy atom. The third kappa shape index (κ3) is 2.45. The fraction of sp³-hybridized carbons (Fsp3) is 1.00. The summed E-state index contributed by atoms with van der Waals surface area (Å²) in [5, 5.41) is 0. The SMILES string of the molecule is COC1CCCN(CC2OC(C)O2)C1. The van der Waals surface area contributed by atoms with E-state index in [-0.39, 0.29) is 12.6 Å². The number of ether oxygens (including phenoxy) is 3. The number of nitrogens with zero attached hydrogens (tertiary/aromatic N) is 1. The first-order chi connectivity index (χ1) is 6.78. The number of methoxy groups -OCH3 is 1. The van der Waals surface area contributed by atoms with E-state index in [0.29, 0.717) is 6.10 Å². The predicted octanol–water partition coefficient (Wildman–Crippen LogP) is 0.816. The highest BCUT2D eigenvalue weighted by molar-refractivity contribution is 4.74. The van der Waals surface area contributed by atoms with E-state index >= 15 is 0 Å². The molecule has 0 aromatic carbocycles. The average molecular weight is 201 g/mol. The van der Waals surface area contributed by atoms with Crippen LogP contribution in [0.25, 0.3) is 0 Å². The summed E-state index contributed by atoms with van der Waals surface area (Å²) in [5.74, 6) is 0. The van der Waals surface area contributed by atoms with Crippen molar-refractivity contribution in [1.82, 2.24) is 4.90 Å². The molecular formula is C10H19NO3. The minimum absolute atomic E-state index is 0.0111. The van der Waals surface area contributed by atoms with Crippen LogP contribution in [0.4, 0.5) is 0 Å². The molecule has 2 fully saturated rings. The highest BCUT2D eigenvalue weighted by Gasteiger charge is 2.30. The smallest absolute Gasteiger partial charge is 0.176 e. The summed E-state index contributed by atoms with van der Waals surface area (Å²) in [4.78, 5) is 2.36. The Morgan fingerprint density at radius 3 is 2.86 bits per heavy atom. The predicted molar refractivity (Wildman–Crippen MR) is 51.9 cm³/mol. The van der Waals surface area contributed by atoms with Crippen LogP contribution in [0.2, 0.25) is 0 Å². The van der Waals surface area contributed by atoms with E-state index in [9.17, 15) is 0 Å². The van der Waals surface area contributed by atoms with Gasteiger partial charge in [-0.25, -0.2) is 0 Å². The van der Waals surface area contributed by atoms with Crippen molar-refractivity contribution in [2.75, 3.05) is 26.7 Å². The maximum atomic E-state index is 5.41. The first-order valence-corrected chi connectivity index (χ1v) is 5.34. The zero-order chi connectivity index (χ0) is 9.97. The second-order valence-electron chi connectivity index (χ2n) is 4.03. The first-order valence-electron chi connectivity index (χ1n) is 5.34. The molecule has 0 aromatic heterocycles. The van der Waals surface area contributed by atoms with Crippen LogP contribution in [0.15, 0.2) is 0 Å². The van der Waals surface area contributed by atoms with Gasteiger partial charge in [-0.15, -0.1) is 0 Å². The third-order valence-electron chi connectivity index (χ3n) is 2.89. The Balaban J connectivity index is 1.69. The maximum absolute atomic E-state index is 5.41. The van der Waals surface area contributed by atoms with Crippen LogP contribution in [0.3, 0.4) is 0 Å². The average Bonchev–Trinajstić information content (AvgIpc) is 2.16. The van der Waals surface area contributed by atoms with Crippen molar-refractivity contribution in [3.63, 3.8) is 0 Å². The van der Waals surface area contributed by atoms with Crippen LogP contribution < -0.4 is 0 Å². The zero-order valence-corrected chi connectivity index (χ0v) is 8.94. The molecule has 4 nitrogen and oxygen atoms in total. The minimum Gasteiger partial charge on any atom is -0.380 e.